The van der Waals surface area contributed by atoms with E-state index in [0.717, 1.165) is 37.8 Å². The van der Waals surface area contributed by atoms with Gasteiger partial charge in [-0.05, 0) is 31.2 Å². The van der Waals surface area contributed by atoms with Crippen LogP contribution in [-0.4, -0.2) is 57.2 Å². The molecule has 2 N–H and O–H groups in total. The minimum atomic E-state index is -0.964. The summed E-state index contributed by atoms with van der Waals surface area (Å²) < 4.78 is 0. The standard InChI is InChI=1S/C20H21N7O2/c1-14-12-17(24-16-5-2-4-15(13-16)18(28)29)25-20(23-14)27-10-8-26(9-11-27)19-21-6-3-7-22-19/h2-7,12-13H,8-11H2,1H3,(H,28,29)(H,23,24,25). The fourth-order valence-corrected chi connectivity index (χ4v) is 3.20. The van der Waals surface area contributed by atoms with Gasteiger partial charge in [-0.3, -0.25) is 0 Å². The monoisotopic (exact) mass is 391 g/mol. The highest BCUT2D eigenvalue weighted by Gasteiger charge is 2.21. The molecule has 1 saturated heterocycles. The van der Waals surface area contributed by atoms with E-state index < -0.39 is 5.97 Å². The number of nitrogens with one attached hydrogen (secondary N) is 1. The molecule has 0 atom stereocenters. The second-order valence-corrected chi connectivity index (χ2v) is 6.73. The van der Waals surface area contributed by atoms with Crippen LogP contribution in [0.25, 0.3) is 0 Å². The molecule has 0 amide bonds. The minimum absolute atomic E-state index is 0.222. The molecule has 9 nitrogen and oxygen atoms in total. The van der Waals surface area contributed by atoms with E-state index in [1.165, 1.54) is 0 Å². The lowest BCUT2D eigenvalue weighted by Crippen LogP contribution is -2.47. The summed E-state index contributed by atoms with van der Waals surface area (Å²) in [5.41, 5.74) is 1.72. The second-order valence-electron chi connectivity index (χ2n) is 6.73. The van der Waals surface area contributed by atoms with Gasteiger partial charge < -0.3 is 20.2 Å². The highest BCUT2D eigenvalue weighted by Crippen LogP contribution is 2.21. The van der Waals surface area contributed by atoms with Gasteiger partial charge in [-0.15, -0.1) is 0 Å². The van der Waals surface area contributed by atoms with E-state index in [2.05, 4.69) is 35.1 Å². The zero-order valence-electron chi connectivity index (χ0n) is 16.0. The molecule has 1 fully saturated rings. The number of benzene rings is 1. The molecule has 0 saturated carbocycles. The summed E-state index contributed by atoms with van der Waals surface area (Å²) >= 11 is 0. The van der Waals surface area contributed by atoms with Gasteiger partial charge in [0, 0.05) is 56.0 Å². The second kappa shape index (κ2) is 8.09. The first-order chi connectivity index (χ1) is 14.1. The molecule has 0 spiro atoms. The number of carboxylic acid groups (broad SMARTS) is 1. The molecule has 0 aliphatic carbocycles. The van der Waals surface area contributed by atoms with E-state index in [4.69, 9.17) is 5.11 Å². The molecule has 2 aromatic heterocycles. The van der Waals surface area contributed by atoms with Crippen LogP contribution in [0.2, 0.25) is 0 Å². The van der Waals surface area contributed by atoms with Gasteiger partial charge in [-0.1, -0.05) is 6.07 Å². The fourth-order valence-electron chi connectivity index (χ4n) is 3.20. The Labute approximate surface area is 168 Å². The summed E-state index contributed by atoms with van der Waals surface area (Å²) in [4.78, 5) is 33.3. The third kappa shape index (κ3) is 4.40. The van der Waals surface area contributed by atoms with Gasteiger partial charge in [0.05, 0.1) is 5.56 Å². The van der Waals surface area contributed by atoms with Gasteiger partial charge in [0.15, 0.2) is 0 Å². The van der Waals surface area contributed by atoms with Crippen molar-refractivity contribution in [3.8, 4) is 0 Å². The predicted octanol–water partition coefficient (Wildman–Crippen LogP) is 2.34. The molecule has 148 valence electrons. The number of hydrogen-bond acceptors (Lipinski definition) is 8. The van der Waals surface area contributed by atoms with Crippen LogP contribution in [0.3, 0.4) is 0 Å². The average molecular weight is 391 g/mol. The van der Waals surface area contributed by atoms with Crippen LogP contribution in [0, 0.1) is 6.92 Å². The number of aryl methyl sites for hydroxylation is 1. The SMILES string of the molecule is Cc1cc(Nc2cccc(C(=O)O)c2)nc(N2CCN(c3ncccn3)CC2)n1. The van der Waals surface area contributed by atoms with Gasteiger partial charge in [0.2, 0.25) is 11.9 Å². The van der Waals surface area contributed by atoms with E-state index in [1.54, 1.807) is 36.7 Å². The summed E-state index contributed by atoms with van der Waals surface area (Å²) in [5, 5.41) is 12.3. The lowest BCUT2D eigenvalue weighted by Gasteiger charge is -2.34. The molecule has 1 aliphatic rings. The van der Waals surface area contributed by atoms with Crippen LogP contribution in [0.4, 0.5) is 23.4 Å². The van der Waals surface area contributed by atoms with Crippen LogP contribution < -0.4 is 15.1 Å². The van der Waals surface area contributed by atoms with Crippen LogP contribution in [0.1, 0.15) is 16.1 Å². The van der Waals surface area contributed by atoms with Gasteiger partial charge in [-0.25, -0.2) is 19.7 Å². The van der Waals surface area contributed by atoms with Crippen LogP contribution in [-0.2, 0) is 0 Å². The van der Waals surface area contributed by atoms with Crippen molar-refractivity contribution in [2.45, 2.75) is 6.92 Å². The van der Waals surface area contributed by atoms with Crippen LogP contribution >= 0.6 is 0 Å². The number of carboxylic acids is 1. The molecule has 0 bridgehead atoms. The van der Waals surface area contributed by atoms with Gasteiger partial charge in [-0.2, -0.15) is 4.98 Å². The van der Waals surface area contributed by atoms with Crippen molar-refractivity contribution in [2.75, 3.05) is 41.3 Å². The smallest absolute Gasteiger partial charge is 0.335 e. The van der Waals surface area contributed by atoms with E-state index in [0.29, 0.717) is 17.5 Å². The van der Waals surface area contributed by atoms with E-state index >= 15 is 0 Å². The van der Waals surface area contributed by atoms with Crippen molar-refractivity contribution in [2.24, 2.45) is 0 Å². The lowest BCUT2D eigenvalue weighted by molar-refractivity contribution is 0.0697. The predicted molar refractivity (Wildman–Crippen MR) is 110 cm³/mol. The highest BCUT2D eigenvalue weighted by molar-refractivity contribution is 5.89. The third-order valence-corrected chi connectivity index (χ3v) is 4.62. The molecular weight excluding hydrogens is 370 g/mol. The number of aromatic carboxylic acids is 1. The summed E-state index contributed by atoms with van der Waals surface area (Å²) in [7, 11) is 0. The molecule has 29 heavy (non-hydrogen) atoms. The summed E-state index contributed by atoms with van der Waals surface area (Å²) in [5.74, 6) is 1.05. The quantitative estimate of drug-likeness (QED) is 0.677. The molecular formula is C20H21N7O2. The Hall–Kier alpha value is -3.75. The third-order valence-electron chi connectivity index (χ3n) is 4.62. The normalized spacial score (nSPS) is 14.0. The van der Waals surface area contributed by atoms with E-state index in [9.17, 15) is 4.79 Å². The maximum Gasteiger partial charge on any atom is 0.335 e. The Morgan fingerprint density at radius 1 is 0.966 bits per heavy atom. The summed E-state index contributed by atoms with van der Waals surface area (Å²) in [6, 6.07) is 10.3. The summed E-state index contributed by atoms with van der Waals surface area (Å²) in [6.45, 7) is 5.00. The molecule has 3 heterocycles. The topological polar surface area (TPSA) is 107 Å². The first-order valence-corrected chi connectivity index (χ1v) is 9.31. The fraction of sp³-hybridized carbons (Fsp3) is 0.250. The van der Waals surface area contributed by atoms with Crippen molar-refractivity contribution in [3.05, 3.63) is 60.0 Å². The van der Waals surface area contributed by atoms with Gasteiger partial charge >= 0.3 is 5.97 Å². The molecule has 4 rings (SSSR count). The Morgan fingerprint density at radius 3 is 2.34 bits per heavy atom. The Balaban J connectivity index is 1.48. The molecule has 3 aromatic rings. The number of rotatable bonds is 5. The van der Waals surface area contributed by atoms with E-state index in [1.807, 2.05) is 19.1 Å². The zero-order chi connectivity index (χ0) is 20.2. The minimum Gasteiger partial charge on any atom is -0.478 e. The molecule has 1 aliphatic heterocycles. The summed E-state index contributed by atoms with van der Waals surface area (Å²) in [6.07, 6.45) is 3.49. The highest BCUT2D eigenvalue weighted by atomic mass is 16.4. The van der Waals surface area contributed by atoms with Gasteiger partial charge in [0.25, 0.3) is 0 Å². The van der Waals surface area contributed by atoms with Crippen molar-refractivity contribution < 1.29 is 9.90 Å². The molecule has 9 heteroatoms. The number of hydrogen-bond donors (Lipinski definition) is 2. The number of aromatic nitrogens is 4. The number of nitrogens with zero attached hydrogens (tertiary/aromatic N) is 6. The number of anilines is 4. The molecule has 0 radical (unpaired) electrons. The maximum absolute atomic E-state index is 11.2. The number of piperazine rings is 1. The van der Waals surface area contributed by atoms with Crippen molar-refractivity contribution in [1.29, 1.82) is 0 Å². The molecule has 1 aromatic carbocycles. The molecule has 0 unspecified atom stereocenters. The lowest BCUT2D eigenvalue weighted by atomic mass is 10.2. The Kier molecular flexibility index (Phi) is 5.19. The first-order valence-electron chi connectivity index (χ1n) is 9.31. The zero-order valence-corrected chi connectivity index (χ0v) is 16.0. The van der Waals surface area contributed by atoms with Crippen molar-refractivity contribution in [3.63, 3.8) is 0 Å². The van der Waals surface area contributed by atoms with Crippen LogP contribution in [0.5, 0.6) is 0 Å². The largest absolute Gasteiger partial charge is 0.478 e. The van der Waals surface area contributed by atoms with Crippen LogP contribution in [0.15, 0.2) is 48.8 Å². The maximum atomic E-state index is 11.2. The van der Waals surface area contributed by atoms with E-state index in [-0.39, 0.29) is 5.56 Å². The Bertz CT molecular complexity index is 1000. The van der Waals surface area contributed by atoms with Crippen molar-refractivity contribution >= 4 is 29.4 Å². The first kappa shape index (κ1) is 18.6. The number of carbonyl (C=O) groups is 1. The Morgan fingerprint density at radius 2 is 1.66 bits per heavy atom. The van der Waals surface area contributed by atoms with Crippen molar-refractivity contribution in [1.82, 2.24) is 19.9 Å². The van der Waals surface area contributed by atoms with Gasteiger partial charge in [0.1, 0.15) is 5.82 Å². The average Bonchev–Trinajstić information content (AvgIpc) is 2.74.